The zero-order valence-corrected chi connectivity index (χ0v) is 16.4. The maximum absolute atomic E-state index is 13.1. The molecule has 1 saturated carbocycles. The summed E-state index contributed by atoms with van der Waals surface area (Å²) in [7, 11) is 0. The third kappa shape index (κ3) is 4.31. The molecule has 0 aromatic carbocycles. The number of nitrogens with one attached hydrogen (secondary N) is 1. The summed E-state index contributed by atoms with van der Waals surface area (Å²) in [5.74, 6) is -0.0382. The molecule has 1 fully saturated rings. The summed E-state index contributed by atoms with van der Waals surface area (Å²) in [4.78, 5) is 12.1. The maximum atomic E-state index is 13.1. The standard InChI is InChI=1S/C17H22BrF2N5O/c1-10-16(18)11(2)24(22-10)7-3-6-21-15(26)9-25-14(17(19)20)8-13(23-25)12-4-5-12/h8,12,17H,3-7,9H2,1-2H3,(H,21,26). The number of alkyl halides is 2. The van der Waals surface area contributed by atoms with Gasteiger partial charge in [0.2, 0.25) is 5.91 Å². The van der Waals surface area contributed by atoms with E-state index in [4.69, 9.17) is 0 Å². The Hall–Kier alpha value is -1.77. The lowest BCUT2D eigenvalue weighted by Gasteiger charge is -2.09. The fourth-order valence-corrected chi connectivity index (χ4v) is 3.16. The Morgan fingerprint density at radius 1 is 1.35 bits per heavy atom. The third-order valence-corrected chi connectivity index (χ3v) is 5.65. The van der Waals surface area contributed by atoms with E-state index in [1.165, 1.54) is 6.07 Å². The van der Waals surface area contributed by atoms with Crippen LogP contribution in [-0.4, -0.2) is 32.0 Å². The summed E-state index contributed by atoms with van der Waals surface area (Å²) >= 11 is 3.48. The van der Waals surface area contributed by atoms with E-state index in [1.807, 2.05) is 18.5 Å². The van der Waals surface area contributed by atoms with Crippen LogP contribution in [0.5, 0.6) is 0 Å². The molecule has 0 spiro atoms. The molecule has 0 atom stereocenters. The van der Waals surface area contributed by atoms with E-state index >= 15 is 0 Å². The number of aromatic nitrogens is 4. The van der Waals surface area contributed by atoms with E-state index < -0.39 is 6.43 Å². The second-order valence-electron chi connectivity index (χ2n) is 6.64. The van der Waals surface area contributed by atoms with Crippen LogP contribution in [0.2, 0.25) is 0 Å². The van der Waals surface area contributed by atoms with Crippen molar-refractivity contribution in [1.29, 1.82) is 0 Å². The van der Waals surface area contributed by atoms with Crippen molar-refractivity contribution in [2.24, 2.45) is 0 Å². The van der Waals surface area contributed by atoms with E-state index in [9.17, 15) is 13.6 Å². The largest absolute Gasteiger partial charge is 0.354 e. The molecular formula is C17H22BrF2N5O. The lowest BCUT2D eigenvalue weighted by Crippen LogP contribution is -2.30. The molecule has 0 aliphatic heterocycles. The van der Waals surface area contributed by atoms with Gasteiger partial charge in [-0.25, -0.2) is 8.78 Å². The van der Waals surface area contributed by atoms with E-state index in [-0.39, 0.29) is 24.1 Å². The van der Waals surface area contributed by atoms with Crippen LogP contribution in [0, 0.1) is 13.8 Å². The Labute approximate surface area is 159 Å². The first-order chi connectivity index (χ1) is 12.4. The summed E-state index contributed by atoms with van der Waals surface area (Å²) in [6, 6.07) is 1.43. The van der Waals surface area contributed by atoms with Gasteiger partial charge in [-0.3, -0.25) is 14.2 Å². The number of rotatable bonds is 8. The van der Waals surface area contributed by atoms with Gasteiger partial charge in [-0.15, -0.1) is 0 Å². The summed E-state index contributed by atoms with van der Waals surface area (Å²) in [6.07, 6.45) is 0.0315. The van der Waals surface area contributed by atoms with Crippen molar-refractivity contribution in [3.8, 4) is 0 Å². The van der Waals surface area contributed by atoms with Crippen molar-refractivity contribution < 1.29 is 13.6 Å². The van der Waals surface area contributed by atoms with Crippen molar-refractivity contribution in [1.82, 2.24) is 24.9 Å². The smallest absolute Gasteiger partial charge is 0.280 e. The van der Waals surface area contributed by atoms with Crippen LogP contribution >= 0.6 is 15.9 Å². The Morgan fingerprint density at radius 3 is 2.65 bits per heavy atom. The van der Waals surface area contributed by atoms with Gasteiger partial charge in [-0.1, -0.05) is 0 Å². The van der Waals surface area contributed by atoms with Gasteiger partial charge in [0.1, 0.15) is 12.2 Å². The van der Waals surface area contributed by atoms with E-state index in [0.29, 0.717) is 25.2 Å². The molecule has 2 heterocycles. The number of aryl methyl sites for hydroxylation is 2. The number of carbonyl (C=O) groups is 1. The fourth-order valence-electron chi connectivity index (χ4n) is 2.87. The molecule has 3 rings (SSSR count). The number of hydrogen-bond donors (Lipinski definition) is 1. The summed E-state index contributed by atoms with van der Waals surface area (Å²) in [5.41, 5.74) is 2.45. The SMILES string of the molecule is Cc1nn(CCCNC(=O)Cn2nc(C3CC3)cc2C(F)F)c(C)c1Br. The molecule has 0 radical (unpaired) electrons. The van der Waals surface area contributed by atoms with Gasteiger partial charge in [-0.2, -0.15) is 10.2 Å². The van der Waals surface area contributed by atoms with Crippen LogP contribution in [0.25, 0.3) is 0 Å². The molecule has 2 aromatic rings. The van der Waals surface area contributed by atoms with Crippen molar-refractivity contribution in [3.63, 3.8) is 0 Å². The minimum atomic E-state index is -2.63. The van der Waals surface area contributed by atoms with Crippen LogP contribution in [0.1, 0.15) is 54.4 Å². The summed E-state index contributed by atoms with van der Waals surface area (Å²) < 4.78 is 30.3. The first-order valence-electron chi connectivity index (χ1n) is 8.68. The summed E-state index contributed by atoms with van der Waals surface area (Å²) in [5, 5.41) is 11.4. The van der Waals surface area contributed by atoms with Crippen molar-refractivity contribution in [3.05, 3.63) is 33.3 Å². The molecule has 26 heavy (non-hydrogen) atoms. The maximum Gasteiger partial charge on any atom is 0.280 e. The van der Waals surface area contributed by atoms with Gasteiger partial charge in [0.15, 0.2) is 0 Å². The van der Waals surface area contributed by atoms with E-state index in [0.717, 1.165) is 33.4 Å². The summed E-state index contributed by atoms with van der Waals surface area (Å²) in [6.45, 7) is 4.85. The Kier molecular flexibility index (Phi) is 5.74. The van der Waals surface area contributed by atoms with Crippen LogP contribution in [0.3, 0.4) is 0 Å². The lowest BCUT2D eigenvalue weighted by atomic mass is 10.3. The highest BCUT2D eigenvalue weighted by Crippen LogP contribution is 2.40. The average Bonchev–Trinajstić information content (AvgIpc) is 3.31. The average molecular weight is 430 g/mol. The van der Waals surface area contributed by atoms with Crippen molar-refractivity contribution >= 4 is 21.8 Å². The number of carbonyl (C=O) groups excluding carboxylic acids is 1. The van der Waals surface area contributed by atoms with Crippen LogP contribution in [-0.2, 0) is 17.9 Å². The molecule has 1 aliphatic carbocycles. The minimum absolute atomic E-state index is 0.183. The molecule has 2 aromatic heterocycles. The highest BCUT2D eigenvalue weighted by atomic mass is 79.9. The Balaban J connectivity index is 1.49. The van der Waals surface area contributed by atoms with Crippen LogP contribution < -0.4 is 5.32 Å². The fraction of sp³-hybridized carbons (Fsp3) is 0.588. The Morgan fingerprint density at radius 2 is 2.08 bits per heavy atom. The molecule has 1 aliphatic rings. The van der Waals surface area contributed by atoms with Gasteiger partial charge in [0.25, 0.3) is 6.43 Å². The lowest BCUT2D eigenvalue weighted by molar-refractivity contribution is -0.121. The first kappa shape index (κ1) is 19.0. The van der Waals surface area contributed by atoms with Gasteiger partial charge >= 0.3 is 0 Å². The van der Waals surface area contributed by atoms with Crippen molar-refractivity contribution in [2.45, 2.75) is 58.5 Å². The van der Waals surface area contributed by atoms with Crippen LogP contribution in [0.4, 0.5) is 8.78 Å². The molecule has 142 valence electrons. The monoisotopic (exact) mass is 429 g/mol. The number of hydrogen-bond acceptors (Lipinski definition) is 3. The van der Waals surface area contributed by atoms with Crippen molar-refractivity contribution in [2.75, 3.05) is 6.54 Å². The predicted molar refractivity (Wildman–Crippen MR) is 96.2 cm³/mol. The minimum Gasteiger partial charge on any atom is -0.354 e. The normalized spacial score (nSPS) is 14.2. The molecule has 0 unspecified atom stereocenters. The second-order valence-corrected chi connectivity index (χ2v) is 7.43. The molecule has 9 heteroatoms. The quantitative estimate of drug-likeness (QED) is 0.653. The highest BCUT2D eigenvalue weighted by molar-refractivity contribution is 9.10. The molecule has 1 amide bonds. The highest BCUT2D eigenvalue weighted by Gasteiger charge is 2.29. The molecule has 0 bridgehead atoms. The Bertz CT molecular complexity index is 797. The topological polar surface area (TPSA) is 64.7 Å². The van der Waals surface area contributed by atoms with Gasteiger partial charge < -0.3 is 5.32 Å². The van der Waals surface area contributed by atoms with E-state index in [2.05, 4.69) is 31.4 Å². The van der Waals surface area contributed by atoms with Gasteiger partial charge in [0.05, 0.1) is 15.9 Å². The molecular weight excluding hydrogens is 408 g/mol. The predicted octanol–water partition coefficient (Wildman–Crippen LogP) is 3.48. The van der Waals surface area contributed by atoms with E-state index in [1.54, 1.807) is 0 Å². The number of nitrogens with zero attached hydrogens (tertiary/aromatic N) is 4. The van der Waals surface area contributed by atoms with Gasteiger partial charge in [0, 0.05) is 24.7 Å². The van der Waals surface area contributed by atoms with Crippen LogP contribution in [0.15, 0.2) is 10.5 Å². The second kappa shape index (κ2) is 7.85. The third-order valence-electron chi connectivity index (χ3n) is 4.50. The number of halogens is 3. The molecule has 6 nitrogen and oxygen atoms in total. The zero-order valence-electron chi connectivity index (χ0n) is 14.8. The zero-order chi connectivity index (χ0) is 18.8. The molecule has 1 N–H and O–H groups in total. The number of amides is 1. The molecule has 0 saturated heterocycles. The first-order valence-corrected chi connectivity index (χ1v) is 9.48. The van der Waals surface area contributed by atoms with Gasteiger partial charge in [-0.05, 0) is 55.1 Å².